The molecular weight excluding hydrogens is 386 g/mol. The van der Waals surface area contributed by atoms with Gasteiger partial charge in [0.25, 0.3) is 11.7 Å². The van der Waals surface area contributed by atoms with E-state index in [0.29, 0.717) is 17.9 Å². The second-order valence-corrected chi connectivity index (χ2v) is 8.30. The lowest BCUT2D eigenvalue weighted by molar-refractivity contribution is -0.139. The van der Waals surface area contributed by atoms with Gasteiger partial charge in [0.15, 0.2) is 0 Å². The Morgan fingerprint density at radius 1 is 1.17 bits per heavy atom. The van der Waals surface area contributed by atoms with Crippen LogP contribution in [0.1, 0.15) is 53.8 Å². The van der Waals surface area contributed by atoms with E-state index in [1.807, 2.05) is 25.3 Å². The zero-order valence-corrected chi connectivity index (χ0v) is 18.1. The molecule has 0 bridgehead atoms. The summed E-state index contributed by atoms with van der Waals surface area (Å²) in [6.45, 7) is 6.41. The maximum absolute atomic E-state index is 13.0. The van der Waals surface area contributed by atoms with Crippen molar-refractivity contribution in [2.45, 2.75) is 46.1 Å². The molecule has 1 aromatic heterocycles. The first-order chi connectivity index (χ1) is 13.9. The smallest absolute Gasteiger partial charge is 0.295 e. The molecule has 3 rings (SSSR count). The predicted octanol–water partition coefficient (Wildman–Crippen LogP) is 4.99. The number of unbranched alkanes of at least 4 members (excludes halogenated alkanes) is 2. The molecule has 5 nitrogen and oxygen atoms in total. The number of likely N-dealkylation sites (tertiary alicyclic amines) is 1. The fraction of sp³-hybridized carbons (Fsp3) is 0.391. The minimum Gasteiger partial charge on any atom is -0.507 e. The molecule has 6 heteroatoms. The third-order valence-electron chi connectivity index (χ3n) is 5.38. The minimum atomic E-state index is -0.619. The number of ether oxygens (including phenoxy) is 1. The van der Waals surface area contributed by atoms with Crippen LogP contribution in [-0.4, -0.2) is 35.4 Å². The number of carbonyl (C=O) groups excluding carboxylic acids is 2. The Hall–Kier alpha value is -2.60. The van der Waals surface area contributed by atoms with Crippen LogP contribution in [0.5, 0.6) is 5.75 Å². The number of rotatable bonds is 7. The fourth-order valence-electron chi connectivity index (χ4n) is 3.75. The van der Waals surface area contributed by atoms with Crippen molar-refractivity contribution in [3.05, 3.63) is 56.8 Å². The van der Waals surface area contributed by atoms with Crippen molar-refractivity contribution >= 4 is 28.8 Å². The number of benzene rings is 1. The molecule has 29 heavy (non-hydrogen) atoms. The van der Waals surface area contributed by atoms with Gasteiger partial charge in [0.1, 0.15) is 11.5 Å². The summed E-state index contributed by atoms with van der Waals surface area (Å²) >= 11 is 1.51. The summed E-state index contributed by atoms with van der Waals surface area (Å²) in [6.07, 6.45) is 2.83. The second kappa shape index (κ2) is 8.82. The number of hydrogen-bond donors (Lipinski definition) is 1. The zero-order chi connectivity index (χ0) is 21.1. The van der Waals surface area contributed by atoms with Gasteiger partial charge in [-0.25, -0.2) is 0 Å². The summed E-state index contributed by atoms with van der Waals surface area (Å²) in [7, 11) is 1.58. The van der Waals surface area contributed by atoms with Gasteiger partial charge in [-0.2, -0.15) is 0 Å². The number of aliphatic hydroxyl groups is 1. The topological polar surface area (TPSA) is 66.8 Å². The van der Waals surface area contributed by atoms with Crippen molar-refractivity contribution in [2.75, 3.05) is 13.7 Å². The fourth-order valence-corrected chi connectivity index (χ4v) is 4.80. The summed E-state index contributed by atoms with van der Waals surface area (Å²) in [6, 6.07) is 6.70. The summed E-state index contributed by atoms with van der Waals surface area (Å²) < 4.78 is 5.24. The molecular formula is C23H27NO4S. The van der Waals surface area contributed by atoms with Crippen LogP contribution < -0.4 is 4.74 Å². The molecule has 1 aliphatic heterocycles. The molecule has 2 aromatic rings. The third-order valence-corrected chi connectivity index (χ3v) is 6.45. The average Bonchev–Trinajstić information content (AvgIpc) is 3.23. The van der Waals surface area contributed by atoms with Gasteiger partial charge in [-0.05, 0) is 61.0 Å². The summed E-state index contributed by atoms with van der Waals surface area (Å²) in [5, 5.41) is 13.1. The Morgan fingerprint density at radius 3 is 2.52 bits per heavy atom. The van der Waals surface area contributed by atoms with Gasteiger partial charge >= 0.3 is 0 Å². The van der Waals surface area contributed by atoms with Crippen LogP contribution in [0.15, 0.2) is 35.2 Å². The van der Waals surface area contributed by atoms with Crippen LogP contribution in [-0.2, 0) is 9.59 Å². The predicted molar refractivity (Wildman–Crippen MR) is 115 cm³/mol. The molecule has 1 aromatic carbocycles. The third kappa shape index (κ3) is 3.94. The van der Waals surface area contributed by atoms with E-state index in [0.717, 1.165) is 35.3 Å². The normalized spacial score (nSPS) is 18.5. The highest BCUT2D eigenvalue weighted by atomic mass is 32.1. The van der Waals surface area contributed by atoms with Crippen molar-refractivity contribution in [2.24, 2.45) is 0 Å². The highest BCUT2D eigenvalue weighted by molar-refractivity contribution is 7.10. The number of ketones is 1. The van der Waals surface area contributed by atoms with Crippen molar-refractivity contribution < 1.29 is 19.4 Å². The van der Waals surface area contributed by atoms with Crippen LogP contribution in [0.4, 0.5) is 0 Å². The van der Waals surface area contributed by atoms with Gasteiger partial charge in [0, 0.05) is 17.0 Å². The monoisotopic (exact) mass is 413 g/mol. The van der Waals surface area contributed by atoms with E-state index < -0.39 is 17.7 Å². The summed E-state index contributed by atoms with van der Waals surface area (Å²) in [5.41, 5.74) is 2.50. The van der Waals surface area contributed by atoms with Crippen molar-refractivity contribution in [1.82, 2.24) is 4.90 Å². The first-order valence-electron chi connectivity index (χ1n) is 9.88. The molecule has 154 valence electrons. The Morgan fingerprint density at radius 2 is 1.93 bits per heavy atom. The van der Waals surface area contributed by atoms with Gasteiger partial charge in [-0.3, -0.25) is 9.59 Å². The van der Waals surface area contributed by atoms with E-state index in [1.165, 1.54) is 11.3 Å². The number of aliphatic hydroxyl groups excluding tert-OH is 1. The molecule has 1 N–H and O–H groups in total. The Bertz CT molecular complexity index is 960. The van der Waals surface area contributed by atoms with Gasteiger partial charge in [0.05, 0.1) is 18.7 Å². The SMILES string of the molecule is CCCCCN1C(=O)C(=O)/C(=C(/O)c2ccc(OC)cc2C)C1c1sccc1C. The molecule has 0 saturated carbocycles. The minimum absolute atomic E-state index is 0.126. The highest BCUT2D eigenvalue weighted by Crippen LogP contribution is 2.43. The molecule has 1 aliphatic rings. The standard InChI is InChI=1S/C23H27NO4S/c1-5-6-7-11-24-19(22-14(2)10-12-29-22)18(21(26)23(24)27)20(25)17-9-8-16(28-4)13-15(17)3/h8-10,12-13,19,25H,5-7,11H2,1-4H3/b20-18+. The van der Waals surface area contributed by atoms with Crippen LogP contribution in [0.25, 0.3) is 5.76 Å². The molecule has 1 amide bonds. The Kier molecular flexibility index (Phi) is 6.42. The number of Topliss-reactive ketones (excluding diaryl/α,β-unsaturated/α-hetero) is 1. The van der Waals surface area contributed by atoms with Gasteiger partial charge in [-0.1, -0.05) is 19.8 Å². The molecule has 2 heterocycles. The van der Waals surface area contributed by atoms with Crippen LogP contribution >= 0.6 is 11.3 Å². The van der Waals surface area contributed by atoms with Crippen molar-refractivity contribution in [3.8, 4) is 5.75 Å². The summed E-state index contributed by atoms with van der Waals surface area (Å²) in [5.74, 6) is -0.609. The molecule has 1 saturated heterocycles. The molecule has 0 radical (unpaired) electrons. The van der Waals surface area contributed by atoms with Crippen LogP contribution in [0.3, 0.4) is 0 Å². The number of hydrogen-bond acceptors (Lipinski definition) is 5. The van der Waals surface area contributed by atoms with E-state index in [1.54, 1.807) is 30.2 Å². The maximum Gasteiger partial charge on any atom is 0.295 e. The first kappa shape index (κ1) is 21.1. The zero-order valence-electron chi connectivity index (χ0n) is 17.3. The van der Waals surface area contributed by atoms with Crippen LogP contribution in [0.2, 0.25) is 0 Å². The number of thiophene rings is 1. The lowest BCUT2D eigenvalue weighted by Gasteiger charge is -2.25. The number of amides is 1. The lowest BCUT2D eigenvalue weighted by Crippen LogP contribution is -2.30. The number of nitrogens with zero attached hydrogens (tertiary/aromatic N) is 1. The number of methoxy groups -OCH3 is 1. The molecule has 1 unspecified atom stereocenters. The number of aryl methyl sites for hydroxylation is 2. The largest absolute Gasteiger partial charge is 0.507 e. The average molecular weight is 414 g/mol. The molecule has 1 atom stereocenters. The Labute approximate surface area is 175 Å². The van der Waals surface area contributed by atoms with Crippen LogP contribution in [0, 0.1) is 13.8 Å². The summed E-state index contributed by atoms with van der Waals surface area (Å²) in [4.78, 5) is 28.4. The van der Waals surface area contributed by atoms with Gasteiger partial charge in [0.2, 0.25) is 0 Å². The van der Waals surface area contributed by atoms with Gasteiger partial charge in [-0.15, -0.1) is 11.3 Å². The van der Waals surface area contributed by atoms with Crippen molar-refractivity contribution in [3.63, 3.8) is 0 Å². The van der Waals surface area contributed by atoms with E-state index in [2.05, 4.69) is 6.92 Å². The molecule has 1 fully saturated rings. The van der Waals surface area contributed by atoms with E-state index in [-0.39, 0.29) is 11.3 Å². The lowest BCUT2D eigenvalue weighted by atomic mass is 9.96. The van der Waals surface area contributed by atoms with Crippen molar-refractivity contribution in [1.29, 1.82) is 0 Å². The Balaban J connectivity index is 2.14. The molecule has 0 aliphatic carbocycles. The van der Waals surface area contributed by atoms with E-state index >= 15 is 0 Å². The number of carbonyl (C=O) groups is 2. The molecule has 0 spiro atoms. The second-order valence-electron chi connectivity index (χ2n) is 7.35. The van der Waals surface area contributed by atoms with Gasteiger partial charge < -0.3 is 14.7 Å². The van der Waals surface area contributed by atoms with E-state index in [9.17, 15) is 14.7 Å². The highest BCUT2D eigenvalue weighted by Gasteiger charge is 2.46. The van der Waals surface area contributed by atoms with E-state index in [4.69, 9.17) is 4.74 Å². The quantitative estimate of drug-likeness (QED) is 0.301. The first-order valence-corrected chi connectivity index (χ1v) is 10.8. The maximum atomic E-state index is 13.0.